The Morgan fingerprint density at radius 2 is 2.06 bits per heavy atom. The maximum absolute atomic E-state index is 5.89. The van der Waals surface area contributed by atoms with Crippen LogP contribution >= 0.6 is 0 Å². The molecule has 0 amide bonds. The van der Waals surface area contributed by atoms with E-state index in [0.29, 0.717) is 12.5 Å². The highest BCUT2D eigenvalue weighted by Gasteiger charge is 2.18. The molecule has 1 rings (SSSR count). The van der Waals surface area contributed by atoms with Crippen molar-refractivity contribution in [2.45, 2.75) is 52.9 Å². The molecule has 0 bridgehead atoms. The maximum atomic E-state index is 5.89. The molecule has 3 nitrogen and oxygen atoms in total. The summed E-state index contributed by atoms with van der Waals surface area (Å²) in [4.78, 5) is 0. The average molecular weight is 239 g/mol. The maximum Gasteiger partial charge on any atom is 0.129 e. The third-order valence-corrected chi connectivity index (χ3v) is 2.60. The van der Waals surface area contributed by atoms with Crippen LogP contribution < -0.4 is 5.32 Å². The van der Waals surface area contributed by atoms with E-state index in [1.54, 1.807) is 6.26 Å². The number of nitrogens with one attached hydrogen (secondary N) is 1. The van der Waals surface area contributed by atoms with Crippen molar-refractivity contribution in [2.75, 3.05) is 6.54 Å². The minimum atomic E-state index is 0.126. The molecule has 0 radical (unpaired) electrons. The number of hydrogen-bond acceptors (Lipinski definition) is 3. The van der Waals surface area contributed by atoms with Crippen molar-refractivity contribution in [3.63, 3.8) is 0 Å². The summed E-state index contributed by atoms with van der Waals surface area (Å²) in [7, 11) is 0. The van der Waals surface area contributed by atoms with Gasteiger partial charge >= 0.3 is 0 Å². The molecule has 0 aliphatic heterocycles. The fourth-order valence-electron chi connectivity index (χ4n) is 1.48. The van der Waals surface area contributed by atoms with E-state index in [-0.39, 0.29) is 11.6 Å². The molecule has 17 heavy (non-hydrogen) atoms. The molecule has 0 aromatic carbocycles. The zero-order valence-corrected chi connectivity index (χ0v) is 11.6. The summed E-state index contributed by atoms with van der Waals surface area (Å²) < 4.78 is 11.2. The van der Waals surface area contributed by atoms with Crippen LogP contribution in [0.1, 0.15) is 40.4 Å². The van der Waals surface area contributed by atoms with Gasteiger partial charge in [-0.2, -0.15) is 0 Å². The SMILES string of the molecule is CC(C)C(CNC(C)(C)C)OCc1ccco1. The highest BCUT2D eigenvalue weighted by molar-refractivity contribution is 4.96. The standard InChI is InChI=1S/C14H25NO2/c1-11(2)13(9-15-14(3,4)5)17-10-12-7-6-8-16-12/h6-8,11,13,15H,9-10H2,1-5H3. The molecule has 3 heteroatoms. The van der Waals surface area contributed by atoms with Crippen molar-refractivity contribution in [1.29, 1.82) is 0 Å². The van der Waals surface area contributed by atoms with Gasteiger partial charge in [-0.15, -0.1) is 0 Å². The predicted octanol–water partition coefficient (Wildman–Crippen LogP) is 3.21. The highest BCUT2D eigenvalue weighted by Crippen LogP contribution is 2.11. The number of hydrogen-bond donors (Lipinski definition) is 1. The zero-order valence-electron chi connectivity index (χ0n) is 11.6. The van der Waals surface area contributed by atoms with E-state index in [9.17, 15) is 0 Å². The molecular formula is C14H25NO2. The Hall–Kier alpha value is -0.800. The summed E-state index contributed by atoms with van der Waals surface area (Å²) in [6.07, 6.45) is 1.88. The summed E-state index contributed by atoms with van der Waals surface area (Å²) in [5.74, 6) is 1.37. The second-order valence-electron chi connectivity index (χ2n) is 5.80. The van der Waals surface area contributed by atoms with E-state index in [1.165, 1.54) is 0 Å². The van der Waals surface area contributed by atoms with Crippen molar-refractivity contribution in [1.82, 2.24) is 5.32 Å². The first-order chi connectivity index (χ1) is 7.88. The first-order valence-electron chi connectivity index (χ1n) is 6.27. The number of furan rings is 1. The van der Waals surface area contributed by atoms with Crippen LogP contribution in [-0.4, -0.2) is 18.2 Å². The van der Waals surface area contributed by atoms with Crippen LogP contribution in [0.15, 0.2) is 22.8 Å². The molecule has 1 heterocycles. The van der Waals surface area contributed by atoms with Gasteiger partial charge in [0.25, 0.3) is 0 Å². The predicted molar refractivity (Wildman–Crippen MR) is 69.9 cm³/mol. The van der Waals surface area contributed by atoms with E-state index in [4.69, 9.17) is 9.15 Å². The fourth-order valence-corrected chi connectivity index (χ4v) is 1.48. The largest absolute Gasteiger partial charge is 0.467 e. The molecule has 1 N–H and O–H groups in total. The van der Waals surface area contributed by atoms with Gasteiger partial charge in [0.05, 0.1) is 12.4 Å². The Morgan fingerprint density at radius 3 is 2.53 bits per heavy atom. The normalized spacial score (nSPS) is 14.2. The summed E-state index contributed by atoms with van der Waals surface area (Å²) in [5, 5.41) is 3.48. The second kappa shape index (κ2) is 6.22. The Kier molecular flexibility index (Phi) is 5.22. The molecule has 0 aliphatic rings. The lowest BCUT2D eigenvalue weighted by molar-refractivity contribution is 0.000273. The van der Waals surface area contributed by atoms with E-state index in [0.717, 1.165) is 12.3 Å². The lowest BCUT2D eigenvalue weighted by atomic mass is 10.0. The van der Waals surface area contributed by atoms with Crippen LogP contribution in [0.5, 0.6) is 0 Å². The van der Waals surface area contributed by atoms with Gasteiger partial charge in [-0.25, -0.2) is 0 Å². The monoisotopic (exact) mass is 239 g/mol. The van der Waals surface area contributed by atoms with Gasteiger partial charge in [-0.1, -0.05) is 13.8 Å². The van der Waals surface area contributed by atoms with Crippen LogP contribution in [-0.2, 0) is 11.3 Å². The van der Waals surface area contributed by atoms with Gasteiger partial charge in [0, 0.05) is 12.1 Å². The van der Waals surface area contributed by atoms with Crippen LogP contribution in [0.25, 0.3) is 0 Å². The molecule has 1 aromatic heterocycles. The van der Waals surface area contributed by atoms with Gasteiger partial charge in [0.15, 0.2) is 0 Å². The molecule has 0 spiro atoms. The van der Waals surface area contributed by atoms with Gasteiger partial charge < -0.3 is 14.5 Å². The van der Waals surface area contributed by atoms with Gasteiger partial charge in [-0.3, -0.25) is 0 Å². The Bertz CT molecular complexity index is 299. The van der Waals surface area contributed by atoms with E-state index < -0.39 is 0 Å². The third-order valence-electron chi connectivity index (χ3n) is 2.60. The Morgan fingerprint density at radius 1 is 1.35 bits per heavy atom. The third kappa shape index (κ3) is 5.89. The van der Waals surface area contributed by atoms with Gasteiger partial charge in [0.2, 0.25) is 0 Å². The van der Waals surface area contributed by atoms with E-state index >= 15 is 0 Å². The summed E-state index contributed by atoms with van der Waals surface area (Å²) in [6.45, 7) is 12.3. The molecule has 0 saturated heterocycles. The molecule has 98 valence electrons. The molecule has 1 aromatic rings. The van der Waals surface area contributed by atoms with Gasteiger partial charge in [0.1, 0.15) is 12.4 Å². The van der Waals surface area contributed by atoms with E-state index in [2.05, 4.69) is 39.9 Å². The lowest BCUT2D eigenvalue weighted by Gasteiger charge is -2.27. The molecular weight excluding hydrogens is 214 g/mol. The van der Waals surface area contributed by atoms with Crippen molar-refractivity contribution < 1.29 is 9.15 Å². The second-order valence-corrected chi connectivity index (χ2v) is 5.80. The van der Waals surface area contributed by atoms with Crippen LogP contribution in [0.4, 0.5) is 0 Å². The first-order valence-corrected chi connectivity index (χ1v) is 6.27. The highest BCUT2D eigenvalue weighted by atomic mass is 16.5. The van der Waals surface area contributed by atoms with Crippen LogP contribution in [0.2, 0.25) is 0 Å². The summed E-state index contributed by atoms with van der Waals surface area (Å²) in [5.41, 5.74) is 0.126. The molecule has 1 unspecified atom stereocenters. The lowest BCUT2D eigenvalue weighted by Crippen LogP contribution is -2.43. The zero-order chi connectivity index (χ0) is 12.9. The fraction of sp³-hybridized carbons (Fsp3) is 0.714. The Labute approximate surface area is 105 Å². The molecule has 1 atom stereocenters. The average Bonchev–Trinajstić information content (AvgIpc) is 2.68. The number of ether oxygens (including phenoxy) is 1. The minimum absolute atomic E-state index is 0.126. The first kappa shape index (κ1) is 14.3. The van der Waals surface area contributed by atoms with Gasteiger partial charge in [-0.05, 0) is 38.8 Å². The van der Waals surface area contributed by atoms with Crippen LogP contribution in [0, 0.1) is 5.92 Å². The van der Waals surface area contributed by atoms with Crippen molar-refractivity contribution in [3.05, 3.63) is 24.2 Å². The van der Waals surface area contributed by atoms with Crippen LogP contribution in [0.3, 0.4) is 0 Å². The van der Waals surface area contributed by atoms with Crippen molar-refractivity contribution in [2.24, 2.45) is 5.92 Å². The molecule has 0 fully saturated rings. The minimum Gasteiger partial charge on any atom is -0.467 e. The molecule has 0 saturated carbocycles. The Balaban J connectivity index is 2.38. The summed E-state index contributed by atoms with van der Waals surface area (Å²) in [6, 6.07) is 3.82. The van der Waals surface area contributed by atoms with E-state index in [1.807, 2.05) is 12.1 Å². The molecule has 0 aliphatic carbocycles. The number of rotatable bonds is 6. The topological polar surface area (TPSA) is 34.4 Å². The quantitative estimate of drug-likeness (QED) is 0.827. The van der Waals surface area contributed by atoms with Crippen molar-refractivity contribution in [3.8, 4) is 0 Å². The van der Waals surface area contributed by atoms with Crippen molar-refractivity contribution >= 4 is 0 Å². The summed E-state index contributed by atoms with van der Waals surface area (Å²) >= 11 is 0. The smallest absolute Gasteiger partial charge is 0.129 e.